The van der Waals surface area contributed by atoms with Gasteiger partial charge in [0.25, 0.3) is 0 Å². The lowest BCUT2D eigenvalue weighted by atomic mass is 9.44. The predicted molar refractivity (Wildman–Crippen MR) is 90.2 cm³/mol. The summed E-state index contributed by atoms with van der Waals surface area (Å²) in [5, 5.41) is 10.0. The Labute approximate surface area is 141 Å². The minimum Gasteiger partial charge on any atom is -0.393 e. The molecule has 2 saturated carbocycles. The molecule has 1 N–H and O–H groups in total. The van der Waals surface area contributed by atoms with E-state index < -0.39 is 5.60 Å². The van der Waals surface area contributed by atoms with Crippen molar-refractivity contribution < 1.29 is 14.6 Å². The molecule has 0 aromatic carbocycles. The van der Waals surface area contributed by atoms with Crippen LogP contribution < -0.4 is 0 Å². The SMILES string of the molecule is CC1(C)CCCC2(C)C1CCC1(C)OC(CO)(C3CO3)CCC12. The van der Waals surface area contributed by atoms with Gasteiger partial charge in [0.2, 0.25) is 0 Å². The Morgan fingerprint density at radius 3 is 2.30 bits per heavy atom. The molecule has 2 saturated heterocycles. The summed E-state index contributed by atoms with van der Waals surface area (Å²) in [5.41, 5.74) is 0.324. The van der Waals surface area contributed by atoms with Crippen LogP contribution in [0.1, 0.15) is 72.6 Å². The highest BCUT2D eigenvalue weighted by Gasteiger charge is 2.64. The maximum absolute atomic E-state index is 10.0. The summed E-state index contributed by atoms with van der Waals surface area (Å²) in [6, 6.07) is 0. The Bertz CT molecular complexity index is 485. The highest BCUT2D eigenvalue weighted by molar-refractivity contribution is 5.12. The first-order chi connectivity index (χ1) is 10.8. The number of rotatable bonds is 2. The number of epoxide rings is 1. The molecule has 0 spiro atoms. The summed E-state index contributed by atoms with van der Waals surface area (Å²) in [6.07, 6.45) is 8.73. The Hall–Kier alpha value is -0.120. The van der Waals surface area contributed by atoms with Gasteiger partial charge in [-0.2, -0.15) is 0 Å². The molecule has 0 aromatic rings. The monoisotopic (exact) mass is 322 g/mol. The normalized spacial score (nSPS) is 54.9. The number of aliphatic hydroxyl groups is 1. The number of fused-ring (bicyclic) bond motifs is 3. The standard InChI is InChI=1S/C20H34O3/c1-17(2)8-5-9-18(3)14(17)6-10-19(4)15(18)7-11-20(13-21,23-19)16-12-22-16/h14-16,21H,5-13H2,1-4H3. The molecule has 6 unspecified atom stereocenters. The zero-order valence-corrected chi connectivity index (χ0v) is 15.4. The number of hydrogen-bond donors (Lipinski definition) is 1. The second-order valence-corrected chi connectivity index (χ2v) is 9.99. The molecule has 4 fully saturated rings. The molecule has 3 heteroatoms. The molecule has 4 aliphatic rings. The summed E-state index contributed by atoms with van der Waals surface area (Å²) in [5.74, 6) is 1.43. The number of hydrogen-bond acceptors (Lipinski definition) is 3. The molecule has 132 valence electrons. The van der Waals surface area contributed by atoms with E-state index in [4.69, 9.17) is 9.47 Å². The fourth-order valence-corrected chi connectivity index (χ4v) is 7.06. The molecular weight excluding hydrogens is 288 g/mol. The summed E-state index contributed by atoms with van der Waals surface area (Å²) in [6.45, 7) is 10.7. The summed E-state index contributed by atoms with van der Waals surface area (Å²) < 4.78 is 12.3. The van der Waals surface area contributed by atoms with Crippen LogP contribution in [0.5, 0.6) is 0 Å². The van der Waals surface area contributed by atoms with E-state index >= 15 is 0 Å². The molecule has 0 aromatic heterocycles. The summed E-state index contributed by atoms with van der Waals surface area (Å²) in [4.78, 5) is 0. The van der Waals surface area contributed by atoms with E-state index in [0.29, 0.717) is 16.7 Å². The minimum atomic E-state index is -0.432. The average Bonchev–Trinajstić information content (AvgIpc) is 3.30. The quantitative estimate of drug-likeness (QED) is 0.783. The van der Waals surface area contributed by atoms with Crippen LogP contribution in [-0.4, -0.2) is 35.6 Å². The Kier molecular flexibility index (Phi) is 3.52. The van der Waals surface area contributed by atoms with Crippen molar-refractivity contribution in [2.45, 2.75) is 89.9 Å². The van der Waals surface area contributed by atoms with Gasteiger partial charge in [-0.25, -0.2) is 0 Å². The molecule has 6 atom stereocenters. The lowest BCUT2D eigenvalue weighted by Crippen LogP contribution is -2.65. The van der Waals surface area contributed by atoms with Crippen LogP contribution in [0.15, 0.2) is 0 Å². The highest BCUT2D eigenvalue weighted by atomic mass is 16.6. The lowest BCUT2D eigenvalue weighted by Gasteiger charge is -2.65. The first-order valence-corrected chi connectivity index (χ1v) is 9.68. The van der Waals surface area contributed by atoms with E-state index in [1.54, 1.807) is 0 Å². The first-order valence-electron chi connectivity index (χ1n) is 9.68. The molecule has 2 aliphatic carbocycles. The second-order valence-electron chi connectivity index (χ2n) is 9.99. The smallest absolute Gasteiger partial charge is 0.120 e. The molecule has 2 aliphatic heterocycles. The third-order valence-electron chi connectivity index (χ3n) is 8.22. The van der Waals surface area contributed by atoms with E-state index in [0.717, 1.165) is 25.4 Å². The zero-order valence-electron chi connectivity index (χ0n) is 15.4. The molecule has 0 bridgehead atoms. The average molecular weight is 322 g/mol. The lowest BCUT2D eigenvalue weighted by molar-refractivity contribution is -0.281. The highest BCUT2D eigenvalue weighted by Crippen LogP contribution is 2.66. The summed E-state index contributed by atoms with van der Waals surface area (Å²) in [7, 11) is 0. The van der Waals surface area contributed by atoms with Crippen molar-refractivity contribution in [2.24, 2.45) is 22.7 Å². The van der Waals surface area contributed by atoms with Crippen LogP contribution >= 0.6 is 0 Å². The van der Waals surface area contributed by atoms with Gasteiger partial charge in [-0.15, -0.1) is 0 Å². The van der Waals surface area contributed by atoms with E-state index in [9.17, 15) is 5.11 Å². The Morgan fingerprint density at radius 1 is 0.957 bits per heavy atom. The summed E-state index contributed by atoms with van der Waals surface area (Å²) >= 11 is 0. The van der Waals surface area contributed by atoms with E-state index in [1.807, 2.05) is 0 Å². The minimum absolute atomic E-state index is 0.0917. The largest absolute Gasteiger partial charge is 0.393 e. The van der Waals surface area contributed by atoms with Crippen LogP contribution in [0.4, 0.5) is 0 Å². The van der Waals surface area contributed by atoms with Crippen molar-refractivity contribution in [3.63, 3.8) is 0 Å². The third-order valence-corrected chi connectivity index (χ3v) is 8.22. The van der Waals surface area contributed by atoms with Crippen molar-refractivity contribution in [3.8, 4) is 0 Å². The zero-order chi connectivity index (χ0) is 16.5. The third kappa shape index (κ3) is 2.26. The molecular formula is C20H34O3. The Morgan fingerprint density at radius 2 is 1.65 bits per heavy atom. The van der Waals surface area contributed by atoms with Gasteiger partial charge in [0.15, 0.2) is 0 Å². The van der Waals surface area contributed by atoms with E-state index in [-0.39, 0.29) is 18.3 Å². The van der Waals surface area contributed by atoms with Crippen LogP contribution in [0.25, 0.3) is 0 Å². The Balaban J connectivity index is 1.65. The van der Waals surface area contributed by atoms with Gasteiger partial charge in [-0.05, 0) is 68.1 Å². The molecule has 4 rings (SSSR count). The van der Waals surface area contributed by atoms with Gasteiger partial charge in [0.1, 0.15) is 11.7 Å². The van der Waals surface area contributed by atoms with E-state index in [1.165, 1.54) is 32.1 Å². The number of aliphatic hydroxyl groups excluding tert-OH is 1. The molecule has 0 amide bonds. The van der Waals surface area contributed by atoms with Crippen LogP contribution in [0.3, 0.4) is 0 Å². The van der Waals surface area contributed by atoms with Crippen LogP contribution in [-0.2, 0) is 9.47 Å². The maximum atomic E-state index is 10.0. The van der Waals surface area contributed by atoms with Gasteiger partial charge in [-0.1, -0.05) is 27.2 Å². The van der Waals surface area contributed by atoms with Gasteiger partial charge >= 0.3 is 0 Å². The van der Waals surface area contributed by atoms with Gasteiger partial charge in [0.05, 0.1) is 18.8 Å². The van der Waals surface area contributed by atoms with Crippen LogP contribution in [0.2, 0.25) is 0 Å². The van der Waals surface area contributed by atoms with Crippen molar-refractivity contribution in [1.29, 1.82) is 0 Å². The number of ether oxygens (including phenoxy) is 2. The predicted octanol–water partition coefficient (Wildman–Crippen LogP) is 3.93. The second kappa shape index (κ2) is 4.95. The fourth-order valence-electron chi connectivity index (χ4n) is 7.06. The first kappa shape index (κ1) is 16.4. The van der Waals surface area contributed by atoms with Crippen molar-refractivity contribution in [2.75, 3.05) is 13.2 Å². The van der Waals surface area contributed by atoms with Crippen LogP contribution in [0, 0.1) is 22.7 Å². The maximum Gasteiger partial charge on any atom is 0.120 e. The van der Waals surface area contributed by atoms with Crippen molar-refractivity contribution in [3.05, 3.63) is 0 Å². The molecule has 2 heterocycles. The van der Waals surface area contributed by atoms with E-state index in [2.05, 4.69) is 27.7 Å². The molecule has 23 heavy (non-hydrogen) atoms. The van der Waals surface area contributed by atoms with Gasteiger partial charge in [-0.3, -0.25) is 0 Å². The fraction of sp³-hybridized carbons (Fsp3) is 1.00. The molecule has 3 nitrogen and oxygen atoms in total. The molecule has 0 radical (unpaired) electrons. The topological polar surface area (TPSA) is 42.0 Å². The van der Waals surface area contributed by atoms with Gasteiger partial charge < -0.3 is 14.6 Å². The van der Waals surface area contributed by atoms with Gasteiger partial charge in [0, 0.05) is 0 Å². The van der Waals surface area contributed by atoms with Crippen molar-refractivity contribution in [1.82, 2.24) is 0 Å². The van der Waals surface area contributed by atoms with Crippen molar-refractivity contribution >= 4 is 0 Å².